The minimum Gasteiger partial charge on any atom is -0.413 e. The molecule has 2 saturated heterocycles. The van der Waals surface area contributed by atoms with Crippen LogP contribution in [0.1, 0.15) is 37.8 Å². The molecule has 0 atom stereocenters. The highest BCUT2D eigenvalue weighted by Crippen LogP contribution is 2.31. The number of nitrogens with zero attached hydrogens (tertiary/aromatic N) is 6. The van der Waals surface area contributed by atoms with Gasteiger partial charge < -0.3 is 14.2 Å². The summed E-state index contributed by atoms with van der Waals surface area (Å²) >= 11 is 0. The van der Waals surface area contributed by atoms with Crippen molar-refractivity contribution in [1.29, 1.82) is 0 Å². The lowest BCUT2D eigenvalue weighted by Crippen LogP contribution is -2.48. The fourth-order valence-corrected chi connectivity index (χ4v) is 6.57. The molecule has 5 rings (SSSR count). The van der Waals surface area contributed by atoms with E-state index in [1.165, 1.54) is 17.0 Å². The van der Waals surface area contributed by atoms with Crippen molar-refractivity contribution in [3.8, 4) is 11.5 Å². The molecule has 244 valence electrons. The maximum absolute atomic E-state index is 15.3. The van der Waals surface area contributed by atoms with E-state index >= 15 is 4.39 Å². The van der Waals surface area contributed by atoms with Gasteiger partial charge in [-0.1, -0.05) is 39.0 Å². The first kappa shape index (κ1) is 33.0. The maximum atomic E-state index is 15.3. The molecule has 0 radical (unpaired) electrons. The first-order valence-electron chi connectivity index (χ1n) is 14.9. The Bertz CT molecular complexity index is 1490. The summed E-state index contributed by atoms with van der Waals surface area (Å²) in [6.07, 6.45) is -4.82. The Hall–Kier alpha value is -3.36. The van der Waals surface area contributed by atoms with Gasteiger partial charge in [0.25, 0.3) is 0 Å². The lowest BCUT2D eigenvalue weighted by molar-refractivity contribution is -0.156. The van der Waals surface area contributed by atoms with Crippen molar-refractivity contribution in [2.45, 2.75) is 40.0 Å². The van der Waals surface area contributed by atoms with Crippen molar-refractivity contribution >= 4 is 22.5 Å². The van der Waals surface area contributed by atoms with E-state index in [4.69, 9.17) is 0 Å². The Morgan fingerprint density at radius 3 is 2.16 bits per heavy atom. The van der Waals surface area contributed by atoms with Gasteiger partial charge in [0.15, 0.2) is 0 Å². The van der Waals surface area contributed by atoms with Gasteiger partial charge in [0.2, 0.25) is 5.89 Å². The molecular weight excluding hydrogens is 612 g/mol. The summed E-state index contributed by atoms with van der Waals surface area (Å²) in [7, 11) is -0.987. The van der Waals surface area contributed by atoms with Gasteiger partial charge in [-0.05, 0) is 35.2 Å². The van der Waals surface area contributed by atoms with Crippen LogP contribution in [0.15, 0.2) is 46.9 Å². The molecule has 0 unspecified atom stereocenters. The molecule has 0 bridgehead atoms. The highest BCUT2D eigenvalue weighted by atomic mass is 32.2. The summed E-state index contributed by atoms with van der Waals surface area (Å²) in [5, 5.41) is 6.38. The lowest BCUT2D eigenvalue weighted by atomic mass is 9.96. The minimum absolute atomic E-state index is 0.0146. The van der Waals surface area contributed by atoms with Crippen LogP contribution in [0.2, 0.25) is 0 Å². The Morgan fingerprint density at radius 2 is 1.58 bits per heavy atom. The third kappa shape index (κ3) is 8.67. The summed E-state index contributed by atoms with van der Waals surface area (Å²) in [6, 6.07) is 11.1. The Labute approximate surface area is 262 Å². The second kappa shape index (κ2) is 13.6. The van der Waals surface area contributed by atoms with Crippen LogP contribution in [0, 0.1) is 11.2 Å². The predicted octanol–water partition coefficient (Wildman–Crippen LogP) is 5.25. The molecule has 1 aromatic heterocycles. The van der Waals surface area contributed by atoms with Gasteiger partial charge in [-0.2, -0.15) is 13.2 Å². The summed E-state index contributed by atoms with van der Waals surface area (Å²) in [4.78, 5) is 21.7. The van der Waals surface area contributed by atoms with E-state index in [0.717, 1.165) is 50.9 Å². The quantitative estimate of drug-likeness (QED) is 0.323. The van der Waals surface area contributed by atoms with Crippen LogP contribution in [0.25, 0.3) is 11.5 Å². The molecule has 0 spiro atoms. The zero-order valence-corrected chi connectivity index (χ0v) is 26.5. The average Bonchev–Trinajstić information content (AvgIpc) is 3.49. The summed E-state index contributed by atoms with van der Waals surface area (Å²) in [5.41, 5.74) is 2.06. The van der Waals surface area contributed by atoms with Crippen molar-refractivity contribution in [2.24, 2.45) is 5.41 Å². The molecule has 2 aromatic carbocycles. The number of anilines is 1. The van der Waals surface area contributed by atoms with E-state index in [-0.39, 0.29) is 29.1 Å². The number of halogens is 4. The third-order valence-electron chi connectivity index (χ3n) is 7.79. The normalized spacial score (nSPS) is 17.5. The molecule has 9 nitrogen and oxygen atoms in total. The van der Waals surface area contributed by atoms with Gasteiger partial charge >= 0.3 is 18.1 Å². The van der Waals surface area contributed by atoms with E-state index in [1.807, 2.05) is 24.3 Å². The lowest BCUT2D eigenvalue weighted by Gasteiger charge is -2.38. The molecule has 3 heterocycles. The number of carbonyl (C=O) groups excluding carboxylic acids is 1. The van der Waals surface area contributed by atoms with Gasteiger partial charge in [0, 0.05) is 91.5 Å². The number of urea groups is 1. The van der Waals surface area contributed by atoms with E-state index in [2.05, 4.69) is 45.2 Å². The number of carbonyl (C=O) groups is 1. The molecular formula is C31H38F4N6O3S. The number of hydrogen-bond donors (Lipinski definition) is 0. The van der Waals surface area contributed by atoms with Gasteiger partial charge in [-0.15, -0.1) is 10.2 Å². The third-order valence-corrected chi connectivity index (χ3v) is 9.07. The van der Waals surface area contributed by atoms with Crippen LogP contribution >= 0.6 is 0 Å². The summed E-state index contributed by atoms with van der Waals surface area (Å²) in [5.74, 6) is -1.98. The van der Waals surface area contributed by atoms with E-state index in [0.29, 0.717) is 30.3 Å². The van der Waals surface area contributed by atoms with E-state index in [1.54, 1.807) is 4.90 Å². The molecule has 45 heavy (non-hydrogen) atoms. The molecule has 3 aromatic rings. The minimum atomic E-state index is -4.82. The highest BCUT2D eigenvalue weighted by molar-refractivity contribution is 7.85. The fourth-order valence-electron chi connectivity index (χ4n) is 5.52. The fraction of sp³-hybridized carbons (Fsp3) is 0.516. The van der Waals surface area contributed by atoms with E-state index < -0.39 is 34.6 Å². The largest absolute Gasteiger partial charge is 0.470 e. The van der Waals surface area contributed by atoms with Gasteiger partial charge in [-0.25, -0.2) is 9.18 Å². The van der Waals surface area contributed by atoms with Gasteiger partial charge in [-0.3, -0.25) is 14.0 Å². The Morgan fingerprint density at radius 1 is 0.933 bits per heavy atom. The molecule has 0 saturated carbocycles. The predicted molar refractivity (Wildman–Crippen MR) is 163 cm³/mol. The van der Waals surface area contributed by atoms with Crippen LogP contribution < -0.4 is 4.90 Å². The number of piperazine rings is 1. The van der Waals surface area contributed by atoms with Crippen LogP contribution in [-0.2, 0) is 30.1 Å². The number of alkyl halides is 3. The monoisotopic (exact) mass is 650 g/mol. The highest BCUT2D eigenvalue weighted by Gasteiger charge is 2.38. The molecule has 2 fully saturated rings. The number of benzene rings is 2. The standard InChI is InChI=1S/C31H38F4N6O3S/c1-30(2,3)21-39-12-10-38(11-13-39)19-22-4-8-25(9-5-22)41(29(42)40-14-16-45(43)17-15-40)20-24-7-6-23(18-26(24)32)27-36-37-28(44-27)31(33,34)35/h4-9,18H,10-17,19-21H2,1-3H3. The van der Waals surface area contributed by atoms with Crippen LogP contribution in [0.4, 0.5) is 28.0 Å². The van der Waals surface area contributed by atoms with Crippen molar-refractivity contribution < 1.29 is 31.0 Å². The summed E-state index contributed by atoms with van der Waals surface area (Å²) in [6.45, 7) is 13.1. The van der Waals surface area contributed by atoms with Crippen molar-refractivity contribution in [3.05, 3.63) is 65.3 Å². The average molecular weight is 651 g/mol. The summed E-state index contributed by atoms with van der Waals surface area (Å²) < 4.78 is 70.6. The maximum Gasteiger partial charge on any atom is 0.470 e. The number of aromatic nitrogens is 2. The SMILES string of the molecule is CC(C)(C)CN1CCN(Cc2ccc(N(Cc3ccc(-c4nnc(C(F)(F)F)o4)cc3F)C(=O)N3CCS(=O)CC3)cc2)CC1. The van der Waals surface area contributed by atoms with Crippen LogP contribution in [0.3, 0.4) is 0 Å². The van der Waals surface area contributed by atoms with Crippen molar-refractivity contribution in [2.75, 3.05) is 62.2 Å². The number of hydrogen-bond acceptors (Lipinski definition) is 7. The number of rotatable bonds is 7. The van der Waals surface area contributed by atoms with Gasteiger partial charge in [0.1, 0.15) is 5.82 Å². The van der Waals surface area contributed by atoms with E-state index in [9.17, 15) is 22.2 Å². The molecule has 0 N–H and O–H groups in total. The molecule has 2 aliphatic heterocycles. The van der Waals surface area contributed by atoms with Gasteiger partial charge in [0.05, 0.1) is 6.54 Å². The number of amides is 2. The molecule has 0 aliphatic carbocycles. The second-order valence-electron chi connectivity index (χ2n) is 12.7. The second-order valence-corrected chi connectivity index (χ2v) is 14.4. The topological polar surface area (TPSA) is 86.0 Å². The molecule has 2 aliphatic rings. The zero-order chi connectivity index (χ0) is 32.4. The van der Waals surface area contributed by atoms with Crippen molar-refractivity contribution in [3.63, 3.8) is 0 Å². The Balaban J connectivity index is 1.31. The molecule has 2 amide bonds. The smallest absolute Gasteiger partial charge is 0.413 e. The first-order valence-corrected chi connectivity index (χ1v) is 16.4. The zero-order valence-electron chi connectivity index (χ0n) is 25.6. The first-order chi connectivity index (χ1) is 21.2. The Kier molecular flexibility index (Phi) is 9.94. The van der Waals surface area contributed by atoms with Crippen LogP contribution in [0.5, 0.6) is 0 Å². The van der Waals surface area contributed by atoms with Crippen LogP contribution in [-0.4, -0.2) is 92.5 Å². The van der Waals surface area contributed by atoms with Crippen molar-refractivity contribution in [1.82, 2.24) is 24.9 Å². The molecule has 14 heteroatoms.